The molecule has 0 aromatic heterocycles. The smallest absolute Gasteiger partial charge is 0.305 e. The van der Waals surface area contributed by atoms with Gasteiger partial charge in [-0.05, 0) is 60.7 Å². The van der Waals surface area contributed by atoms with Crippen molar-refractivity contribution in [2.24, 2.45) is 23.7 Å². The number of hydrazine groups is 1. The van der Waals surface area contributed by atoms with Crippen LogP contribution in [0, 0.1) is 29.5 Å². The monoisotopic (exact) mass is 717 g/mol. The molecule has 0 bridgehead atoms. The first-order chi connectivity index (χ1) is 24.4. The Balaban J connectivity index is 1.48. The number of phenols is 1. The second kappa shape index (κ2) is 12.7. The number of rotatable bonds is 9. The largest absolute Gasteiger partial charge is 0.508 e. The Hall–Kier alpha value is -5.43. The first kappa shape index (κ1) is 34.0. The number of carbonyl (C=O) groups is 5. The lowest BCUT2D eigenvalue weighted by Gasteiger charge is -2.51. The van der Waals surface area contributed by atoms with Crippen molar-refractivity contribution < 1.29 is 48.0 Å². The van der Waals surface area contributed by atoms with Gasteiger partial charge in [-0.2, -0.15) is 5.01 Å². The van der Waals surface area contributed by atoms with Crippen LogP contribution in [0.5, 0.6) is 17.2 Å². The van der Waals surface area contributed by atoms with Gasteiger partial charge in [0.2, 0.25) is 11.8 Å². The minimum atomic E-state index is -1.71. The molecule has 1 saturated carbocycles. The quantitative estimate of drug-likeness (QED) is 0.210. The molecule has 0 unspecified atom stereocenters. The maximum absolute atomic E-state index is 15.3. The normalized spacial score (nSPS) is 26.7. The standard InChI is InChI=1S/C37H33ClFN3O9/c1-50-27-15-22(43)16-28(51-2)31(27)32-23-11-12-24-30(35(48)41(33(24)46)14-13-29(44)45)25(23)17-26-34(47)42(40-21-9-7-20(39)8-10-21)36(49)37(26,32)18-3-5-19(38)6-4-18/h3-11,15-16,24-26,30,32,40,43H,12-14,17H2,1-2H3,(H,44,45)/t24-,25+,26-,30-,32+,37+/m0/s1. The van der Waals surface area contributed by atoms with Crippen molar-refractivity contribution in [1.82, 2.24) is 9.91 Å². The molecule has 2 aliphatic carbocycles. The van der Waals surface area contributed by atoms with E-state index in [1.807, 2.05) is 6.08 Å². The summed E-state index contributed by atoms with van der Waals surface area (Å²) in [6.07, 6.45) is 1.50. The molecule has 3 aromatic rings. The molecule has 51 heavy (non-hydrogen) atoms. The molecule has 2 heterocycles. The van der Waals surface area contributed by atoms with Gasteiger partial charge in [0.25, 0.3) is 11.8 Å². The maximum atomic E-state index is 15.3. The number of aliphatic carboxylic acids is 1. The molecule has 0 radical (unpaired) electrons. The molecule has 0 spiro atoms. The highest BCUT2D eigenvalue weighted by atomic mass is 35.5. The third kappa shape index (κ3) is 5.21. The fraction of sp³-hybridized carbons (Fsp3) is 0.324. The van der Waals surface area contributed by atoms with E-state index in [1.54, 1.807) is 24.3 Å². The summed E-state index contributed by atoms with van der Waals surface area (Å²) in [6, 6.07) is 14.4. The molecule has 264 valence electrons. The van der Waals surface area contributed by atoms with Crippen molar-refractivity contribution in [1.29, 1.82) is 0 Å². The van der Waals surface area contributed by atoms with Gasteiger partial charge in [0.05, 0.1) is 49.5 Å². The number of nitrogens with zero attached hydrogens (tertiary/aromatic N) is 2. The highest BCUT2D eigenvalue weighted by Gasteiger charge is 2.71. The lowest BCUT2D eigenvalue weighted by molar-refractivity contribution is -0.143. The number of amides is 4. The van der Waals surface area contributed by atoms with E-state index >= 15 is 4.79 Å². The Morgan fingerprint density at radius 3 is 2.22 bits per heavy atom. The number of carboxylic acids is 1. The molecule has 3 aromatic carbocycles. The molecule has 2 aliphatic heterocycles. The third-order valence-electron chi connectivity index (χ3n) is 10.7. The van der Waals surface area contributed by atoms with Crippen molar-refractivity contribution in [3.8, 4) is 17.2 Å². The lowest BCUT2D eigenvalue weighted by atomic mass is 9.49. The molecule has 12 nitrogen and oxygen atoms in total. The van der Waals surface area contributed by atoms with Gasteiger partial charge >= 0.3 is 5.97 Å². The Morgan fingerprint density at radius 1 is 0.961 bits per heavy atom. The van der Waals surface area contributed by atoms with E-state index in [4.69, 9.17) is 21.1 Å². The van der Waals surface area contributed by atoms with Gasteiger partial charge in [0.15, 0.2) is 0 Å². The lowest BCUT2D eigenvalue weighted by Crippen LogP contribution is -2.53. The number of ether oxygens (including phenoxy) is 2. The van der Waals surface area contributed by atoms with Crippen LogP contribution in [0.25, 0.3) is 0 Å². The Bertz CT molecular complexity index is 1980. The summed E-state index contributed by atoms with van der Waals surface area (Å²) in [5, 5.41) is 21.3. The number of allylic oxidation sites excluding steroid dienone is 2. The maximum Gasteiger partial charge on any atom is 0.305 e. The number of fused-ring (bicyclic) bond motifs is 4. The van der Waals surface area contributed by atoms with Crippen molar-refractivity contribution in [2.45, 2.75) is 30.6 Å². The summed E-state index contributed by atoms with van der Waals surface area (Å²) < 4.78 is 25.5. The molecule has 6 atom stereocenters. The summed E-state index contributed by atoms with van der Waals surface area (Å²) in [4.78, 5) is 70.1. The zero-order valence-electron chi connectivity index (χ0n) is 27.5. The van der Waals surface area contributed by atoms with Crippen LogP contribution in [-0.4, -0.2) is 70.5 Å². The average molecular weight is 718 g/mol. The first-order valence-electron chi connectivity index (χ1n) is 16.3. The number of phenolic OH excluding ortho intramolecular Hbond substituents is 1. The van der Waals surface area contributed by atoms with Crippen molar-refractivity contribution in [2.75, 3.05) is 26.2 Å². The van der Waals surface area contributed by atoms with E-state index in [0.717, 1.165) is 9.91 Å². The Morgan fingerprint density at radius 2 is 1.61 bits per heavy atom. The number of carboxylic acid groups (broad SMARTS) is 1. The van der Waals surface area contributed by atoms with Gasteiger partial charge in [-0.15, -0.1) is 0 Å². The van der Waals surface area contributed by atoms with E-state index in [0.29, 0.717) is 21.7 Å². The summed E-state index contributed by atoms with van der Waals surface area (Å²) in [6.45, 7) is -0.296. The molecule has 7 rings (SSSR count). The summed E-state index contributed by atoms with van der Waals surface area (Å²) >= 11 is 6.34. The number of aromatic hydroxyl groups is 1. The highest BCUT2D eigenvalue weighted by Crippen LogP contribution is 2.66. The predicted octanol–water partition coefficient (Wildman–Crippen LogP) is 4.66. The predicted molar refractivity (Wildman–Crippen MR) is 179 cm³/mol. The van der Waals surface area contributed by atoms with Crippen LogP contribution in [0.4, 0.5) is 10.1 Å². The van der Waals surface area contributed by atoms with Gasteiger partial charge in [-0.3, -0.25) is 34.3 Å². The SMILES string of the molecule is COc1cc(O)cc(OC)c1[C@H]1C2=CC[C@@H]3C(=O)N(CCC(=O)O)C(=O)[C@@H]3[C@@H]2C[C@H]2C(=O)N(Nc3ccc(F)cc3)C(=O)[C@@]12c1ccc(Cl)cc1. The molecule has 2 saturated heterocycles. The van der Waals surface area contributed by atoms with Gasteiger partial charge in [-0.25, -0.2) is 4.39 Å². The Kier molecular flexibility index (Phi) is 8.49. The van der Waals surface area contributed by atoms with Gasteiger partial charge in [-0.1, -0.05) is 35.4 Å². The highest BCUT2D eigenvalue weighted by molar-refractivity contribution is 6.30. The minimum Gasteiger partial charge on any atom is -0.508 e. The van der Waals surface area contributed by atoms with Crippen LogP contribution in [0.3, 0.4) is 0 Å². The molecular weight excluding hydrogens is 685 g/mol. The fourth-order valence-corrected chi connectivity index (χ4v) is 8.80. The molecule has 4 aliphatic rings. The third-order valence-corrected chi connectivity index (χ3v) is 11.0. The van der Waals surface area contributed by atoms with Gasteiger partial charge < -0.3 is 19.7 Å². The topological polar surface area (TPSA) is 163 Å². The number of benzene rings is 3. The summed E-state index contributed by atoms with van der Waals surface area (Å²) in [7, 11) is 2.78. The molecule has 3 fully saturated rings. The van der Waals surface area contributed by atoms with E-state index < -0.39 is 76.8 Å². The van der Waals surface area contributed by atoms with Crippen LogP contribution in [0.2, 0.25) is 5.02 Å². The number of likely N-dealkylation sites (tertiary alicyclic amines) is 1. The first-order valence-corrected chi connectivity index (χ1v) is 16.7. The van der Waals surface area contributed by atoms with Crippen LogP contribution < -0.4 is 14.9 Å². The van der Waals surface area contributed by atoms with Gasteiger partial charge in [0, 0.05) is 35.2 Å². The van der Waals surface area contributed by atoms with E-state index in [-0.39, 0.29) is 42.3 Å². The molecular formula is C37H33ClFN3O9. The number of halogens is 2. The van der Waals surface area contributed by atoms with Crippen molar-refractivity contribution in [3.63, 3.8) is 0 Å². The van der Waals surface area contributed by atoms with Gasteiger partial charge in [0.1, 0.15) is 23.1 Å². The zero-order valence-corrected chi connectivity index (χ0v) is 28.2. The van der Waals surface area contributed by atoms with Crippen LogP contribution >= 0.6 is 11.6 Å². The number of nitrogens with one attached hydrogen (secondary N) is 1. The minimum absolute atomic E-state index is 0.0210. The number of carbonyl (C=O) groups excluding carboxylic acids is 4. The Labute approximate surface area is 296 Å². The van der Waals surface area contributed by atoms with Crippen molar-refractivity contribution >= 4 is 46.9 Å². The fourth-order valence-electron chi connectivity index (χ4n) is 8.67. The molecule has 3 N–H and O–H groups in total. The molecule has 4 amide bonds. The second-order valence-corrected chi connectivity index (χ2v) is 13.5. The number of imide groups is 2. The van der Waals surface area contributed by atoms with E-state index in [9.17, 15) is 33.8 Å². The second-order valence-electron chi connectivity index (χ2n) is 13.1. The molecule has 14 heteroatoms. The van der Waals surface area contributed by atoms with E-state index in [1.165, 1.54) is 50.6 Å². The van der Waals surface area contributed by atoms with Crippen LogP contribution in [-0.2, 0) is 29.4 Å². The summed E-state index contributed by atoms with van der Waals surface area (Å²) in [5.41, 5.74) is 2.79. The average Bonchev–Trinajstić information content (AvgIpc) is 3.48. The van der Waals surface area contributed by atoms with Crippen molar-refractivity contribution in [3.05, 3.63) is 94.3 Å². The van der Waals surface area contributed by atoms with Crippen LogP contribution in [0.1, 0.15) is 36.3 Å². The number of methoxy groups -OCH3 is 2. The summed E-state index contributed by atoms with van der Waals surface area (Å²) in [5.74, 6) is -8.53. The number of hydrogen-bond acceptors (Lipinski definition) is 9. The number of anilines is 1. The van der Waals surface area contributed by atoms with E-state index in [2.05, 4.69) is 5.43 Å². The zero-order chi connectivity index (χ0) is 36.4. The number of hydrogen-bond donors (Lipinski definition) is 3. The van der Waals surface area contributed by atoms with Crippen LogP contribution in [0.15, 0.2) is 72.3 Å².